The van der Waals surface area contributed by atoms with Gasteiger partial charge in [0.25, 0.3) is 0 Å². The molecular weight excluding hydrogens is 1410 g/mol. The first kappa shape index (κ1) is 107. The van der Waals surface area contributed by atoms with Crippen molar-refractivity contribution in [2.45, 2.75) is 503 Å². The Kier molecular flexibility index (Phi) is 79.8. The van der Waals surface area contributed by atoms with Gasteiger partial charge in [-0.3, -0.25) is 37.3 Å². The summed E-state index contributed by atoms with van der Waals surface area (Å²) < 4.78 is 69.0. The van der Waals surface area contributed by atoms with E-state index in [1.165, 1.54) is 302 Å². The quantitative estimate of drug-likeness (QED) is 0.0222. The van der Waals surface area contributed by atoms with Crippen LogP contribution in [-0.2, 0) is 65.4 Å². The first-order chi connectivity index (χ1) is 52.9. The van der Waals surface area contributed by atoms with E-state index in [9.17, 15) is 43.2 Å². The average molecular weight is 1590 g/mol. The first-order valence-corrected chi connectivity index (χ1v) is 49.5. The molecule has 0 aromatic heterocycles. The molecule has 0 heterocycles. The molecule has 0 fully saturated rings. The Morgan fingerprint density at radius 3 is 0.624 bits per heavy atom. The van der Waals surface area contributed by atoms with E-state index in [0.29, 0.717) is 25.7 Å². The summed E-state index contributed by atoms with van der Waals surface area (Å²) in [5, 5.41) is 10.7. The maximum absolute atomic E-state index is 13.2. The zero-order valence-electron chi connectivity index (χ0n) is 71.9. The molecule has 109 heavy (non-hydrogen) atoms. The molecule has 0 aliphatic heterocycles. The Labute approximate surface area is 670 Å². The molecule has 17 nitrogen and oxygen atoms in total. The van der Waals surface area contributed by atoms with E-state index < -0.39 is 97.5 Å². The van der Waals surface area contributed by atoms with Gasteiger partial charge in [-0.15, -0.1) is 0 Å². The lowest BCUT2D eigenvalue weighted by Gasteiger charge is -2.21. The predicted octanol–water partition coefficient (Wildman–Crippen LogP) is 27.8. The fraction of sp³-hybridized carbons (Fsp3) is 0.956. The number of aliphatic hydroxyl groups excluding tert-OH is 1. The number of phosphoric acid groups is 2. The third kappa shape index (κ3) is 83.8. The molecule has 3 N–H and O–H groups in total. The number of ether oxygens (including phenoxy) is 4. The molecule has 2 unspecified atom stereocenters. The maximum Gasteiger partial charge on any atom is 0.472 e. The van der Waals surface area contributed by atoms with E-state index >= 15 is 0 Å². The number of carbonyl (C=O) groups excluding carboxylic acids is 4. The van der Waals surface area contributed by atoms with Crippen molar-refractivity contribution in [3.05, 3.63) is 0 Å². The van der Waals surface area contributed by atoms with E-state index in [0.717, 1.165) is 102 Å². The van der Waals surface area contributed by atoms with Crippen molar-refractivity contribution in [2.75, 3.05) is 39.6 Å². The smallest absolute Gasteiger partial charge is 0.462 e. The van der Waals surface area contributed by atoms with Crippen molar-refractivity contribution in [3.63, 3.8) is 0 Å². The van der Waals surface area contributed by atoms with Gasteiger partial charge >= 0.3 is 39.5 Å². The lowest BCUT2D eigenvalue weighted by molar-refractivity contribution is -0.161. The van der Waals surface area contributed by atoms with E-state index in [1.807, 2.05) is 0 Å². The number of unbranched alkanes of at least 4 members (excludes halogenated alkanes) is 59. The van der Waals surface area contributed by atoms with Crippen LogP contribution in [0, 0.1) is 11.8 Å². The summed E-state index contributed by atoms with van der Waals surface area (Å²) in [6.07, 6.45) is 75.1. The van der Waals surface area contributed by atoms with Crippen LogP contribution in [0.4, 0.5) is 0 Å². The Hall–Kier alpha value is -1.94. The monoisotopic (exact) mass is 1590 g/mol. The minimum Gasteiger partial charge on any atom is -0.462 e. The lowest BCUT2D eigenvalue weighted by atomic mass is 10.0. The third-order valence-electron chi connectivity index (χ3n) is 21.2. The van der Waals surface area contributed by atoms with Gasteiger partial charge in [0.2, 0.25) is 0 Å². The molecule has 0 aliphatic carbocycles. The summed E-state index contributed by atoms with van der Waals surface area (Å²) in [6.45, 7) is 9.75. The van der Waals surface area contributed by atoms with Crippen LogP contribution in [-0.4, -0.2) is 96.7 Å². The highest BCUT2D eigenvalue weighted by atomic mass is 31.2. The highest BCUT2D eigenvalue weighted by Crippen LogP contribution is 2.45. The second-order valence-corrected chi connectivity index (χ2v) is 36.2. The normalized spacial score (nSPS) is 13.8. The van der Waals surface area contributed by atoms with E-state index in [2.05, 4.69) is 41.5 Å². The van der Waals surface area contributed by atoms with E-state index in [4.69, 9.17) is 37.0 Å². The number of carbonyl (C=O) groups is 4. The Morgan fingerprint density at radius 1 is 0.248 bits per heavy atom. The molecule has 0 aromatic rings. The molecule has 0 bridgehead atoms. The standard InChI is InChI=1S/C90H176O17P2/c1-7-9-11-13-15-17-18-19-20-21-28-34-39-44-50-56-62-68-74-89(94)106-85(78-100-87(92)72-66-60-54-46-16-14-12-10-8-2)80-104-108(96,97)102-76-84(91)77-103-109(98,99)105-81-86(107-90(95)75-69-63-57-51-45-40-35-30-25-23-27-32-37-42-48-53-59-65-71-83(5)6)79-101-88(93)73-67-61-55-49-43-38-33-29-24-22-26-31-36-41-47-52-58-64-70-82(3)4/h82-86,91H,7-81H2,1-6H3,(H,96,97)(H,98,99)/t84-,85+,86+/m0/s1. The van der Waals surface area contributed by atoms with Crippen molar-refractivity contribution in [1.29, 1.82) is 0 Å². The number of rotatable bonds is 89. The Morgan fingerprint density at radius 2 is 0.422 bits per heavy atom. The SMILES string of the molecule is CCCCCCCCCCCCCCCCCCCCC(=O)O[C@H](COC(=O)CCCCCCCCCCC)COP(=O)(O)OC[C@H](O)COP(=O)(O)OC[C@@H](COC(=O)CCCCCCCCCCCCCCCCCCCCC(C)C)OC(=O)CCCCCCCCCCCCCCCCCCCCC(C)C. The van der Waals surface area contributed by atoms with Gasteiger partial charge < -0.3 is 33.8 Å². The largest absolute Gasteiger partial charge is 0.472 e. The van der Waals surface area contributed by atoms with Gasteiger partial charge in [0.1, 0.15) is 19.3 Å². The topological polar surface area (TPSA) is 237 Å². The fourth-order valence-corrected chi connectivity index (χ4v) is 15.7. The van der Waals surface area contributed by atoms with E-state index in [1.54, 1.807) is 0 Å². The van der Waals surface area contributed by atoms with Crippen molar-refractivity contribution in [2.24, 2.45) is 11.8 Å². The van der Waals surface area contributed by atoms with Crippen molar-refractivity contribution in [3.8, 4) is 0 Å². The molecule has 0 radical (unpaired) electrons. The molecule has 0 saturated carbocycles. The van der Waals surface area contributed by atoms with Crippen LogP contribution in [0.25, 0.3) is 0 Å². The van der Waals surface area contributed by atoms with Crippen molar-refractivity contribution >= 4 is 39.5 Å². The molecule has 0 amide bonds. The molecule has 5 atom stereocenters. The minimum atomic E-state index is -4.97. The van der Waals surface area contributed by atoms with Gasteiger partial charge in [-0.2, -0.15) is 0 Å². The van der Waals surface area contributed by atoms with Crippen molar-refractivity contribution in [1.82, 2.24) is 0 Å². The number of hydrogen-bond donors (Lipinski definition) is 3. The summed E-state index contributed by atoms with van der Waals surface area (Å²) in [5.41, 5.74) is 0. The summed E-state index contributed by atoms with van der Waals surface area (Å²) >= 11 is 0. The molecule has 0 aliphatic rings. The highest BCUT2D eigenvalue weighted by molar-refractivity contribution is 7.47. The average Bonchev–Trinajstić information content (AvgIpc) is 0.897. The van der Waals surface area contributed by atoms with Gasteiger partial charge in [0.05, 0.1) is 26.4 Å². The first-order valence-electron chi connectivity index (χ1n) is 46.5. The predicted molar refractivity (Wildman–Crippen MR) is 451 cm³/mol. The van der Waals surface area contributed by atoms with Crippen LogP contribution >= 0.6 is 15.6 Å². The van der Waals surface area contributed by atoms with Gasteiger partial charge in [-0.25, -0.2) is 9.13 Å². The fourth-order valence-electron chi connectivity index (χ4n) is 14.1. The zero-order valence-corrected chi connectivity index (χ0v) is 73.7. The second kappa shape index (κ2) is 81.2. The van der Waals surface area contributed by atoms with Gasteiger partial charge in [-0.05, 0) is 37.5 Å². The molecule has 0 aromatic carbocycles. The molecule has 0 spiro atoms. The Balaban J connectivity index is 5.19. The summed E-state index contributed by atoms with van der Waals surface area (Å²) in [4.78, 5) is 73.3. The summed E-state index contributed by atoms with van der Waals surface area (Å²) in [6, 6.07) is 0. The lowest BCUT2D eigenvalue weighted by Crippen LogP contribution is -2.30. The van der Waals surface area contributed by atoms with Gasteiger partial charge in [0.15, 0.2) is 12.2 Å². The van der Waals surface area contributed by atoms with Gasteiger partial charge in [-0.1, -0.05) is 433 Å². The molecule has 648 valence electrons. The molecule has 0 saturated heterocycles. The number of hydrogen-bond acceptors (Lipinski definition) is 15. The van der Waals surface area contributed by atoms with E-state index in [-0.39, 0.29) is 25.7 Å². The van der Waals surface area contributed by atoms with Crippen LogP contribution in [0.2, 0.25) is 0 Å². The van der Waals surface area contributed by atoms with Crippen LogP contribution in [0.5, 0.6) is 0 Å². The molecule has 19 heteroatoms. The maximum atomic E-state index is 13.2. The third-order valence-corrected chi connectivity index (χ3v) is 23.1. The van der Waals surface area contributed by atoms with Crippen LogP contribution in [0.1, 0.15) is 485 Å². The van der Waals surface area contributed by atoms with Crippen LogP contribution in [0.15, 0.2) is 0 Å². The second-order valence-electron chi connectivity index (χ2n) is 33.3. The summed E-state index contributed by atoms with van der Waals surface area (Å²) in [7, 11) is -9.93. The van der Waals surface area contributed by atoms with Crippen LogP contribution < -0.4 is 0 Å². The number of phosphoric ester groups is 2. The number of aliphatic hydroxyl groups is 1. The summed E-state index contributed by atoms with van der Waals surface area (Å²) in [5.74, 6) is -0.454. The van der Waals surface area contributed by atoms with Gasteiger partial charge in [0, 0.05) is 25.7 Å². The van der Waals surface area contributed by atoms with Crippen molar-refractivity contribution < 1.29 is 80.2 Å². The molecule has 0 rings (SSSR count). The molecular formula is C90H176O17P2. The van der Waals surface area contributed by atoms with Crippen LogP contribution in [0.3, 0.4) is 0 Å². The number of esters is 4. The highest BCUT2D eigenvalue weighted by Gasteiger charge is 2.31. The Bertz CT molecular complexity index is 2080. The zero-order chi connectivity index (χ0) is 79.9. The minimum absolute atomic E-state index is 0.109.